The van der Waals surface area contributed by atoms with Crippen molar-refractivity contribution in [3.8, 4) is 0 Å². The van der Waals surface area contributed by atoms with Crippen molar-refractivity contribution < 1.29 is 5.11 Å². The summed E-state index contributed by atoms with van der Waals surface area (Å²) in [7, 11) is 0. The van der Waals surface area contributed by atoms with Crippen molar-refractivity contribution in [3.05, 3.63) is 52.6 Å². The summed E-state index contributed by atoms with van der Waals surface area (Å²) in [6, 6.07) is 6.33. The highest BCUT2D eigenvalue weighted by molar-refractivity contribution is 5.33. The Morgan fingerprint density at radius 1 is 1.26 bits per heavy atom. The second kappa shape index (κ2) is 6.02. The number of aliphatic hydroxyl groups is 1. The molecule has 1 aromatic carbocycles. The Labute approximate surface area is 114 Å². The van der Waals surface area contributed by atoms with Crippen molar-refractivity contribution in [1.82, 2.24) is 9.97 Å². The van der Waals surface area contributed by atoms with Crippen molar-refractivity contribution in [2.45, 2.75) is 46.1 Å². The Morgan fingerprint density at radius 3 is 2.53 bits per heavy atom. The normalized spacial score (nSPS) is 12.6. The van der Waals surface area contributed by atoms with Crippen LogP contribution in [0.15, 0.2) is 24.4 Å². The standard InChI is InChI=1S/C16H22N2O/c1-4-16-17-10-14(18-16)15(19)9-8-13-11(2)6-5-7-12(13)3/h5-7,10,15,19H,4,8-9H2,1-3H3,(H,17,18). The van der Waals surface area contributed by atoms with Gasteiger partial charge in [-0.25, -0.2) is 4.98 Å². The Morgan fingerprint density at radius 2 is 1.95 bits per heavy atom. The average molecular weight is 258 g/mol. The van der Waals surface area contributed by atoms with Gasteiger partial charge in [-0.15, -0.1) is 0 Å². The van der Waals surface area contributed by atoms with Crippen LogP contribution < -0.4 is 0 Å². The van der Waals surface area contributed by atoms with E-state index in [9.17, 15) is 5.11 Å². The number of hydrogen-bond donors (Lipinski definition) is 2. The zero-order chi connectivity index (χ0) is 13.8. The van der Waals surface area contributed by atoms with Gasteiger partial charge < -0.3 is 10.1 Å². The minimum Gasteiger partial charge on any atom is -0.387 e. The first kappa shape index (κ1) is 13.8. The molecule has 102 valence electrons. The van der Waals surface area contributed by atoms with Gasteiger partial charge in [0.1, 0.15) is 5.82 Å². The number of aromatic amines is 1. The minimum atomic E-state index is -0.466. The van der Waals surface area contributed by atoms with Crippen LogP contribution in [-0.2, 0) is 12.8 Å². The molecule has 0 saturated carbocycles. The van der Waals surface area contributed by atoms with Crippen LogP contribution in [0.2, 0.25) is 0 Å². The summed E-state index contributed by atoms with van der Waals surface area (Å²) < 4.78 is 0. The number of hydrogen-bond acceptors (Lipinski definition) is 2. The molecule has 0 radical (unpaired) electrons. The highest BCUT2D eigenvalue weighted by Crippen LogP contribution is 2.21. The van der Waals surface area contributed by atoms with Gasteiger partial charge in [0.2, 0.25) is 0 Å². The van der Waals surface area contributed by atoms with Gasteiger partial charge in [0.25, 0.3) is 0 Å². The van der Waals surface area contributed by atoms with Gasteiger partial charge in [0.15, 0.2) is 0 Å². The molecule has 2 aromatic rings. The lowest BCUT2D eigenvalue weighted by Gasteiger charge is -2.12. The molecule has 0 saturated heterocycles. The lowest BCUT2D eigenvalue weighted by Crippen LogP contribution is -2.02. The fraction of sp³-hybridized carbons (Fsp3) is 0.438. The zero-order valence-corrected chi connectivity index (χ0v) is 11.9. The fourth-order valence-corrected chi connectivity index (χ4v) is 2.41. The maximum Gasteiger partial charge on any atom is 0.106 e. The first-order valence-corrected chi connectivity index (χ1v) is 6.88. The van der Waals surface area contributed by atoms with Crippen LogP contribution in [-0.4, -0.2) is 15.1 Å². The van der Waals surface area contributed by atoms with E-state index in [1.165, 1.54) is 16.7 Å². The average Bonchev–Trinajstić information content (AvgIpc) is 2.86. The van der Waals surface area contributed by atoms with Crippen molar-refractivity contribution >= 4 is 0 Å². The first-order chi connectivity index (χ1) is 9.11. The molecule has 1 aromatic heterocycles. The number of nitrogens with zero attached hydrogens (tertiary/aromatic N) is 1. The first-order valence-electron chi connectivity index (χ1n) is 6.88. The Hall–Kier alpha value is -1.61. The third-order valence-corrected chi connectivity index (χ3v) is 3.65. The van der Waals surface area contributed by atoms with Crippen LogP contribution in [0.4, 0.5) is 0 Å². The van der Waals surface area contributed by atoms with Crippen LogP contribution in [0.25, 0.3) is 0 Å². The molecule has 3 nitrogen and oxygen atoms in total. The number of imidazole rings is 1. The Balaban J connectivity index is 2.02. The van der Waals surface area contributed by atoms with Crippen LogP contribution >= 0.6 is 0 Å². The van der Waals surface area contributed by atoms with Gasteiger partial charge >= 0.3 is 0 Å². The summed E-state index contributed by atoms with van der Waals surface area (Å²) in [5.41, 5.74) is 4.76. The summed E-state index contributed by atoms with van der Waals surface area (Å²) in [4.78, 5) is 7.40. The molecule has 1 atom stereocenters. The molecule has 0 amide bonds. The number of aromatic nitrogens is 2. The van der Waals surface area contributed by atoms with Crippen molar-refractivity contribution in [1.29, 1.82) is 0 Å². The molecule has 1 heterocycles. The molecule has 2 N–H and O–H groups in total. The molecule has 0 aliphatic heterocycles. The van der Waals surface area contributed by atoms with Gasteiger partial charge in [-0.2, -0.15) is 0 Å². The SMILES string of the molecule is CCc1ncc(C(O)CCc2c(C)cccc2C)[nH]1. The molecule has 0 spiro atoms. The van der Waals surface area contributed by atoms with Gasteiger partial charge in [-0.05, 0) is 43.4 Å². The molecular formula is C16H22N2O. The third kappa shape index (κ3) is 3.24. The maximum atomic E-state index is 10.2. The van der Waals surface area contributed by atoms with E-state index in [0.29, 0.717) is 0 Å². The molecule has 0 fully saturated rings. The minimum absolute atomic E-state index is 0.466. The monoisotopic (exact) mass is 258 g/mol. The van der Waals surface area contributed by atoms with E-state index >= 15 is 0 Å². The summed E-state index contributed by atoms with van der Waals surface area (Å²) in [6.45, 7) is 6.30. The third-order valence-electron chi connectivity index (χ3n) is 3.65. The molecule has 19 heavy (non-hydrogen) atoms. The van der Waals surface area contributed by atoms with E-state index in [1.807, 2.05) is 6.92 Å². The number of nitrogens with one attached hydrogen (secondary N) is 1. The number of aliphatic hydroxyl groups excluding tert-OH is 1. The van der Waals surface area contributed by atoms with E-state index in [4.69, 9.17) is 0 Å². The fourth-order valence-electron chi connectivity index (χ4n) is 2.41. The van der Waals surface area contributed by atoms with E-state index < -0.39 is 6.10 Å². The molecular weight excluding hydrogens is 236 g/mol. The van der Waals surface area contributed by atoms with E-state index in [-0.39, 0.29) is 0 Å². The van der Waals surface area contributed by atoms with E-state index in [2.05, 4.69) is 42.0 Å². The van der Waals surface area contributed by atoms with Crippen LogP contribution in [0.1, 0.15) is 47.7 Å². The molecule has 2 rings (SSSR count). The van der Waals surface area contributed by atoms with E-state index in [1.54, 1.807) is 6.20 Å². The number of benzene rings is 1. The van der Waals surface area contributed by atoms with Gasteiger partial charge in [0, 0.05) is 6.42 Å². The summed E-state index contributed by atoms with van der Waals surface area (Å²) in [6.07, 6.45) is 3.75. The molecule has 0 aliphatic carbocycles. The predicted molar refractivity (Wildman–Crippen MR) is 77.2 cm³/mol. The van der Waals surface area contributed by atoms with Crippen molar-refractivity contribution in [3.63, 3.8) is 0 Å². The molecule has 0 aliphatic rings. The maximum absolute atomic E-state index is 10.2. The van der Waals surface area contributed by atoms with Crippen LogP contribution in [0, 0.1) is 13.8 Å². The van der Waals surface area contributed by atoms with Gasteiger partial charge in [-0.3, -0.25) is 0 Å². The zero-order valence-electron chi connectivity index (χ0n) is 11.9. The van der Waals surface area contributed by atoms with Gasteiger partial charge in [-0.1, -0.05) is 25.1 Å². The number of H-pyrrole nitrogens is 1. The highest BCUT2D eigenvalue weighted by Gasteiger charge is 2.12. The van der Waals surface area contributed by atoms with Crippen LogP contribution in [0.3, 0.4) is 0 Å². The van der Waals surface area contributed by atoms with Crippen LogP contribution in [0.5, 0.6) is 0 Å². The quantitative estimate of drug-likeness (QED) is 0.865. The largest absolute Gasteiger partial charge is 0.387 e. The lowest BCUT2D eigenvalue weighted by molar-refractivity contribution is 0.163. The highest BCUT2D eigenvalue weighted by atomic mass is 16.3. The molecule has 0 bridgehead atoms. The summed E-state index contributed by atoms with van der Waals surface area (Å²) in [5.74, 6) is 0.932. The Bertz CT molecular complexity index is 525. The number of aryl methyl sites for hydroxylation is 3. The predicted octanol–water partition coefficient (Wildman–Crippen LogP) is 3.26. The second-order valence-corrected chi connectivity index (χ2v) is 5.06. The molecule has 3 heteroatoms. The topological polar surface area (TPSA) is 48.9 Å². The lowest BCUT2D eigenvalue weighted by atomic mass is 9.97. The van der Waals surface area contributed by atoms with Gasteiger partial charge in [0.05, 0.1) is 18.0 Å². The number of rotatable bonds is 5. The smallest absolute Gasteiger partial charge is 0.106 e. The summed E-state index contributed by atoms with van der Waals surface area (Å²) in [5, 5.41) is 10.2. The van der Waals surface area contributed by atoms with E-state index in [0.717, 1.165) is 30.8 Å². The van der Waals surface area contributed by atoms with Crippen molar-refractivity contribution in [2.75, 3.05) is 0 Å². The second-order valence-electron chi connectivity index (χ2n) is 5.06. The Kier molecular flexibility index (Phi) is 4.38. The summed E-state index contributed by atoms with van der Waals surface area (Å²) >= 11 is 0. The van der Waals surface area contributed by atoms with Crippen molar-refractivity contribution in [2.24, 2.45) is 0 Å². The molecule has 1 unspecified atom stereocenters.